The third-order valence-electron chi connectivity index (χ3n) is 8.15. The van der Waals surface area contributed by atoms with Crippen LogP contribution in [-0.2, 0) is 34.3 Å². The van der Waals surface area contributed by atoms with Crippen molar-refractivity contribution in [3.8, 4) is 0 Å². The minimum absolute atomic E-state index is 0.139. The van der Waals surface area contributed by atoms with Crippen LogP contribution in [0.25, 0.3) is 0 Å². The van der Waals surface area contributed by atoms with Crippen molar-refractivity contribution in [2.75, 3.05) is 23.7 Å². The lowest BCUT2D eigenvalue weighted by atomic mass is 10.1. The lowest BCUT2D eigenvalue weighted by molar-refractivity contribution is -0.654. The molecule has 0 aliphatic carbocycles. The molecule has 0 unspecified atom stereocenters. The Hall–Kier alpha value is -5.24. The molecule has 0 saturated heterocycles. The summed E-state index contributed by atoms with van der Waals surface area (Å²) >= 11 is 3.14. The van der Waals surface area contributed by atoms with E-state index in [9.17, 15) is 25.9 Å². The van der Waals surface area contributed by atoms with Crippen LogP contribution in [-0.4, -0.2) is 39.0 Å². The van der Waals surface area contributed by atoms with E-state index in [-0.39, 0.29) is 9.79 Å². The zero-order valence-electron chi connectivity index (χ0n) is 32.3. The van der Waals surface area contributed by atoms with E-state index >= 15 is 0 Å². The van der Waals surface area contributed by atoms with Gasteiger partial charge in [0.25, 0.3) is 0 Å². The van der Waals surface area contributed by atoms with Crippen molar-refractivity contribution in [3.63, 3.8) is 0 Å². The first kappa shape index (κ1) is 44.5. The average Bonchev–Trinajstić information content (AvgIpc) is 3.77. The summed E-state index contributed by atoms with van der Waals surface area (Å²) in [5, 5.41) is 30.2. The molecular weight excluding hydrogens is 805 g/mol. The van der Waals surface area contributed by atoms with Gasteiger partial charge in [0.05, 0.1) is 34.1 Å². The maximum Gasteiger partial charge on any atom is 0.408 e. The van der Waals surface area contributed by atoms with Crippen LogP contribution in [0.5, 0.6) is 0 Å². The first-order valence-electron chi connectivity index (χ1n) is 17.4. The number of aromatic nitrogens is 2. The number of nitrogens with zero attached hydrogens (tertiary/aromatic N) is 6. The third kappa shape index (κ3) is 14.0. The van der Waals surface area contributed by atoms with E-state index in [2.05, 4.69) is 69.2 Å². The number of thiazole rings is 2. The number of hydrogen-bond donors (Lipinski definition) is 2. The molecule has 0 aliphatic rings. The van der Waals surface area contributed by atoms with Crippen molar-refractivity contribution in [1.29, 1.82) is 0 Å². The zero-order valence-corrected chi connectivity index (χ0v) is 35.5. The quantitative estimate of drug-likeness (QED) is 0.0528. The Morgan fingerprint density at radius 1 is 0.561 bits per heavy atom. The van der Waals surface area contributed by atoms with Gasteiger partial charge in [0.2, 0.25) is 0 Å². The molecule has 2 heterocycles. The van der Waals surface area contributed by atoms with Crippen molar-refractivity contribution in [1.82, 2.24) is 0 Å². The number of benzene rings is 4. The fourth-order valence-corrected chi connectivity index (χ4v) is 7.85. The van der Waals surface area contributed by atoms with E-state index in [0.717, 1.165) is 63.6 Å². The van der Waals surface area contributed by atoms with Crippen LogP contribution in [0.15, 0.2) is 138 Å². The second kappa shape index (κ2) is 20.8. The normalized spacial score (nSPS) is 11.5. The first-order valence-corrected chi connectivity index (χ1v) is 22.0. The van der Waals surface area contributed by atoms with Gasteiger partial charge < -0.3 is 19.7 Å². The SMILES string of the molecule is Cc1cc(N=Nc2scc[n+]2C)ccc1NCCCNc1ccc(N=Nc2scc[n+]2C)cc1C.Cc1ccccc1S(=O)(=O)[O-].Cc1ccccc1S(=O)(=O)[O-]. The molecule has 0 amide bonds. The van der Waals surface area contributed by atoms with Gasteiger partial charge in [-0.2, -0.15) is 0 Å². The molecule has 0 radical (unpaired) electrons. The van der Waals surface area contributed by atoms with Gasteiger partial charge in [-0.3, -0.25) is 0 Å². The molecule has 14 nitrogen and oxygen atoms in total. The fourth-order valence-electron chi connectivity index (χ4n) is 5.07. The molecule has 0 fully saturated rings. The lowest BCUT2D eigenvalue weighted by Gasteiger charge is -2.12. The van der Waals surface area contributed by atoms with Crippen LogP contribution < -0.4 is 19.8 Å². The van der Waals surface area contributed by atoms with Crippen LogP contribution in [0.2, 0.25) is 0 Å². The number of anilines is 2. The van der Waals surface area contributed by atoms with Crippen molar-refractivity contribution < 1.29 is 35.1 Å². The molecule has 6 rings (SSSR count). The molecule has 0 aliphatic heterocycles. The van der Waals surface area contributed by atoms with Crippen molar-refractivity contribution in [2.45, 2.75) is 43.9 Å². The van der Waals surface area contributed by atoms with Crippen molar-refractivity contribution >= 4 is 75.9 Å². The van der Waals surface area contributed by atoms with Gasteiger partial charge in [-0.25, -0.2) is 26.0 Å². The van der Waals surface area contributed by atoms with Crippen LogP contribution in [0.3, 0.4) is 0 Å². The molecule has 4 aromatic carbocycles. The highest BCUT2D eigenvalue weighted by Crippen LogP contribution is 2.26. The third-order valence-corrected chi connectivity index (χ3v) is 11.8. The second-order valence-corrected chi connectivity index (χ2v) is 17.1. The molecule has 2 N–H and O–H groups in total. The highest BCUT2D eigenvalue weighted by molar-refractivity contribution is 7.86. The molecule has 0 spiro atoms. The minimum Gasteiger partial charge on any atom is -0.744 e. The molecule has 0 bridgehead atoms. The Bertz CT molecular complexity index is 2380. The highest BCUT2D eigenvalue weighted by Gasteiger charge is 2.10. The lowest BCUT2D eigenvalue weighted by Crippen LogP contribution is -2.23. The molecule has 18 heteroatoms. The Labute approximate surface area is 341 Å². The molecule has 0 saturated carbocycles. The predicted octanol–water partition coefficient (Wildman–Crippen LogP) is 8.62. The van der Waals surface area contributed by atoms with Crippen molar-refractivity contribution in [2.24, 2.45) is 34.6 Å². The minimum atomic E-state index is -4.28. The Morgan fingerprint density at radius 2 is 0.947 bits per heavy atom. The monoisotopic (exact) mass is 848 g/mol. The number of hydrogen-bond acceptors (Lipinski definition) is 14. The largest absolute Gasteiger partial charge is 0.744 e. The summed E-state index contributed by atoms with van der Waals surface area (Å²) in [4.78, 5) is -0.278. The second-order valence-electron chi connectivity index (χ2n) is 12.6. The van der Waals surface area contributed by atoms with Crippen molar-refractivity contribution in [3.05, 3.63) is 130 Å². The fraction of sp³-hybridized carbons (Fsp3) is 0.231. The van der Waals surface area contributed by atoms with E-state index in [4.69, 9.17) is 0 Å². The van der Waals surface area contributed by atoms with Gasteiger partial charge >= 0.3 is 10.3 Å². The Kier molecular flexibility index (Phi) is 16.2. The summed E-state index contributed by atoms with van der Waals surface area (Å²) in [6.07, 6.45) is 4.94. The number of azo groups is 2. The van der Waals surface area contributed by atoms with Gasteiger partial charge in [0.1, 0.15) is 44.0 Å². The summed E-state index contributed by atoms with van der Waals surface area (Å²) in [6, 6.07) is 24.4. The van der Waals surface area contributed by atoms with Gasteiger partial charge in [0.15, 0.2) is 0 Å². The van der Waals surface area contributed by atoms with E-state index < -0.39 is 20.2 Å². The standard InChI is InChI=1S/C25H28N8S2.2C7H8O3S/c1-18-16-20(28-30-24-32(3)12-14-34-24)6-8-22(18)26-10-5-11-27-23-9-7-21(17-19(23)2)29-31-25-33(4)13-15-35-25;2*1-6-4-2-3-5-7(6)11(8,9)10/h6-9,12-17H,5,10-11H2,1-4H3;2*2-5H,1H3,(H,8,9,10). The summed E-state index contributed by atoms with van der Waals surface area (Å²) in [6.45, 7) is 9.11. The smallest absolute Gasteiger partial charge is 0.408 e. The van der Waals surface area contributed by atoms with E-state index in [1.165, 1.54) is 24.3 Å². The van der Waals surface area contributed by atoms with Gasteiger partial charge in [-0.1, -0.05) is 36.4 Å². The number of aryl methyl sites for hydroxylation is 6. The summed E-state index contributed by atoms with van der Waals surface area (Å²) in [7, 11) is -4.63. The molecule has 300 valence electrons. The molecule has 0 atom stereocenters. The van der Waals surface area contributed by atoms with Gasteiger partial charge in [-0.15, -0.1) is 0 Å². The summed E-state index contributed by atoms with van der Waals surface area (Å²) in [5.41, 5.74) is 7.23. The number of rotatable bonds is 12. The molecule has 6 aromatic rings. The summed E-state index contributed by atoms with van der Waals surface area (Å²) < 4.78 is 66.9. The Balaban J connectivity index is 0.000000265. The molecule has 57 heavy (non-hydrogen) atoms. The van der Waals surface area contributed by atoms with Crippen LogP contribution in [0.4, 0.5) is 33.0 Å². The van der Waals surface area contributed by atoms with E-state index in [1.54, 1.807) is 60.8 Å². The maximum absolute atomic E-state index is 10.5. The van der Waals surface area contributed by atoms with Crippen LogP contribution in [0, 0.1) is 27.7 Å². The van der Waals surface area contributed by atoms with Gasteiger partial charge in [0, 0.05) is 35.2 Å². The van der Waals surface area contributed by atoms with E-state index in [1.807, 2.05) is 58.5 Å². The highest BCUT2D eigenvalue weighted by atomic mass is 32.2. The Morgan fingerprint density at radius 3 is 1.25 bits per heavy atom. The molecular formula is C39H44N8O6S4. The van der Waals surface area contributed by atoms with Crippen LogP contribution in [0.1, 0.15) is 28.7 Å². The topological polar surface area (TPSA) is 196 Å². The van der Waals surface area contributed by atoms with Crippen LogP contribution >= 0.6 is 22.7 Å². The first-order chi connectivity index (χ1) is 27.0. The zero-order chi connectivity index (χ0) is 41.6. The predicted molar refractivity (Wildman–Crippen MR) is 222 cm³/mol. The average molecular weight is 849 g/mol. The number of nitrogens with one attached hydrogen (secondary N) is 2. The van der Waals surface area contributed by atoms with Gasteiger partial charge in [-0.05, 0) is 138 Å². The van der Waals surface area contributed by atoms with E-state index in [0.29, 0.717) is 11.1 Å². The maximum atomic E-state index is 10.5. The molecule has 2 aromatic heterocycles. The summed E-state index contributed by atoms with van der Waals surface area (Å²) in [5.74, 6) is 0.